The largest absolute Gasteiger partial charge is 0.325 e. The van der Waals surface area contributed by atoms with Gasteiger partial charge in [0.25, 0.3) is 0 Å². The number of aromatic nitrogens is 2. The van der Waals surface area contributed by atoms with Gasteiger partial charge in [0.2, 0.25) is 0 Å². The first-order chi connectivity index (χ1) is 7.63. The average Bonchev–Trinajstić information content (AvgIpc) is 2.57. The van der Waals surface area contributed by atoms with Crippen LogP contribution in [0, 0.1) is 12.7 Å². The molecule has 0 fully saturated rings. The van der Waals surface area contributed by atoms with E-state index < -0.39 is 0 Å². The fourth-order valence-electron chi connectivity index (χ4n) is 1.81. The lowest BCUT2D eigenvalue weighted by Crippen LogP contribution is -1.99. The van der Waals surface area contributed by atoms with Gasteiger partial charge in [-0.3, -0.25) is 4.68 Å². The van der Waals surface area contributed by atoms with Crippen molar-refractivity contribution >= 4 is 0 Å². The summed E-state index contributed by atoms with van der Waals surface area (Å²) in [4.78, 5) is 0. The van der Waals surface area contributed by atoms with Gasteiger partial charge in [-0.2, -0.15) is 5.10 Å². The van der Waals surface area contributed by atoms with Crippen LogP contribution in [-0.4, -0.2) is 9.78 Å². The second-order valence-corrected chi connectivity index (χ2v) is 3.74. The third-order valence-electron chi connectivity index (χ3n) is 2.73. The number of rotatable bonds is 2. The van der Waals surface area contributed by atoms with Crippen LogP contribution in [0.4, 0.5) is 4.39 Å². The molecule has 0 aliphatic heterocycles. The van der Waals surface area contributed by atoms with Crippen LogP contribution in [0.25, 0.3) is 11.1 Å². The van der Waals surface area contributed by atoms with Gasteiger partial charge in [-0.05, 0) is 24.6 Å². The molecule has 2 aromatic rings. The van der Waals surface area contributed by atoms with Gasteiger partial charge in [-0.25, -0.2) is 4.39 Å². The third kappa shape index (κ3) is 1.72. The fourth-order valence-corrected chi connectivity index (χ4v) is 1.81. The fraction of sp³-hybridized carbons (Fsp3) is 0.250. The molecule has 0 saturated carbocycles. The number of hydrogen-bond acceptors (Lipinski definition) is 2. The molecule has 0 unspecified atom stereocenters. The van der Waals surface area contributed by atoms with Crippen molar-refractivity contribution < 1.29 is 4.39 Å². The van der Waals surface area contributed by atoms with Gasteiger partial charge >= 0.3 is 0 Å². The first kappa shape index (κ1) is 10.8. The van der Waals surface area contributed by atoms with Crippen LogP contribution >= 0.6 is 0 Å². The minimum Gasteiger partial charge on any atom is -0.325 e. The van der Waals surface area contributed by atoms with Crippen LogP contribution < -0.4 is 5.73 Å². The highest BCUT2D eigenvalue weighted by molar-refractivity contribution is 5.68. The van der Waals surface area contributed by atoms with Crippen LogP contribution in [0.2, 0.25) is 0 Å². The molecule has 1 heterocycles. The first-order valence-electron chi connectivity index (χ1n) is 5.12. The van der Waals surface area contributed by atoms with Crippen molar-refractivity contribution in [2.24, 2.45) is 12.8 Å². The molecule has 0 saturated heterocycles. The van der Waals surface area contributed by atoms with Gasteiger partial charge in [-0.1, -0.05) is 12.1 Å². The minimum absolute atomic E-state index is 0.236. The number of hydrogen-bond donors (Lipinski definition) is 1. The minimum atomic E-state index is -0.236. The van der Waals surface area contributed by atoms with Gasteiger partial charge in [0, 0.05) is 24.8 Å². The van der Waals surface area contributed by atoms with Crippen LogP contribution in [0.1, 0.15) is 11.4 Å². The molecule has 0 aliphatic rings. The number of aryl methyl sites for hydroxylation is 1. The van der Waals surface area contributed by atoms with Crippen molar-refractivity contribution in [2.45, 2.75) is 13.5 Å². The Morgan fingerprint density at radius 1 is 1.31 bits per heavy atom. The number of halogens is 1. The van der Waals surface area contributed by atoms with E-state index in [-0.39, 0.29) is 5.82 Å². The van der Waals surface area contributed by atoms with Gasteiger partial charge in [-0.15, -0.1) is 0 Å². The average molecular weight is 219 g/mol. The van der Waals surface area contributed by atoms with E-state index in [0.29, 0.717) is 6.54 Å². The summed E-state index contributed by atoms with van der Waals surface area (Å²) in [5.41, 5.74) is 9.48. The standard InChI is InChI=1S/C12H14FN3/c1-8-12(11(7-14)15-16(8)2)9-3-5-10(13)6-4-9/h3-6H,7,14H2,1-2H3. The molecule has 0 spiro atoms. The van der Waals surface area contributed by atoms with Crippen molar-refractivity contribution in [3.8, 4) is 11.1 Å². The lowest BCUT2D eigenvalue weighted by molar-refractivity contribution is 0.628. The SMILES string of the molecule is Cc1c(-c2ccc(F)cc2)c(CN)nn1C. The predicted octanol–water partition coefficient (Wildman–Crippen LogP) is 1.99. The molecule has 1 aromatic heterocycles. The quantitative estimate of drug-likeness (QED) is 0.839. The van der Waals surface area contributed by atoms with Gasteiger partial charge < -0.3 is 5.73 Å². The molecule has 0 atom stereocenters. The Labute approximate surface area is 93.7 Å². The molecule has 3 nitrogen and oxygen atoms in total. The molecular formula is C12H14FN3. The van der Waals surface area contributed by atoms with Crippen LogP contribution in [-0.2, 0) is 13.6 Å². The summed E-state index contributed by atoms with van der Waals surface area (Å²) in [5, 5.41) is 4.33. The summed E-state index contributed by atoms with van der Waals surface area (Å²) in [6.45, 7) is 2.36. The maximum Gasteiger partial charge on any atom is 0.123 e. The van der Waals surface area contributed by atoms with Crippen molar-refractivity contribution in [3.05, 3.63) is 41.5 Å². The molecule has 16 heavy (non-hydrogen) atoms. The maximum atomic E-state index is 12.8. The van der Waals surface area contributed by atoms with Crippen LogP contribution in [0.15, 0.2) is 24.3 Å². The van der Waals surface area contributed by atoms with E-state index in [1.165, 1.54) is 12.1 Å². The molecule has 2 rings (SSSR count). The van der Waals surface area contributed by atoms with E-state index in [4.69, 9.17) is 5.73 Å². The summed E-state index contributed by atoms with van der Waals surface area (Å²) in [7, 11) is 1.88. The number of benzene rings is 1. The van der Waals surface area contributed by atoms with E-state index in [1.807, 2.05) is 14.0 Å². The van der Waals surface area contributed by atoms with Gasteiger partial charge in [0.15, 0.2) is 0 Å². The zero-order valence-electron chi connectivity index (χ0n) is 9.37. The Morgan fingerprint density at radius 3 is 2.50 bits per heavy atom. The Bertz CT molecular complexity index is 500. The van der Waals surface area contributed by atoms with E-state index in [0.717, 1.165) is 22.5 Å². The summed E-state index contributed by atoms with van der Waals surface area (Å²) < 4.78 is 14.6. The highest BCUT2D eigenvalue weighted by atomic mass is 19.1. The monoisotopic (exact) mass is 219 g/mol. The molecule has 4 heteroatoms. The highest BCUT2D eigenvalue weighted by Crippen LogP contribution is 2.26. The summed E-state index contributed by atoms with van der Waals surface area (Å²) in [6.07, 6.45) is 0. The molecule has 1 aromatic carbocycles. The summed E-state index contributed by atoms with van der Waals surface area (Å²) in [6, 6.07) is 6.39. The van der Waals surface area contributed by atoms with E-state index in [2.05, 4.69) is 5.10 Å². The number of nitrogens with two attached hydrogens (primary N) is 1. The van der Waals surface area contributed by atoms with Gasteiger partial charge in [0.05, 0.1) is 5.69 Å². The van der Waals surface area contributed by atoms with Crippen LogP contribution in [0.5, 0.6) is 0 Å². The molecule has 0 radical (unpaired) electrons. The molecule has 0 aliphatic carbocycles. The molecular weight excluding hydrogens is 205 g/mol. The topological polar surface area (TPSA) is 43.8 Å². The Balaban J connectivity index is 2.58. The smallest absolute Gasteiger partial charge is 0.123 e. The zero-order valence-corrected chi connectivity index (χ0v) is 9.37. The number of nitrogens with zero attached hydrogens (tertiary/aromatic N) is 2. The third-order valence-corrected chi connectivity index (χ3v) is 2.73. The Morgan fingerprint density at radius 2 is 1.94 bits per heavy atom. The summed E-state index contributed by atoms with van der Waals surface area (Å²) in [5.74, 6) is -0.236. The molecule has 0 amide bonds. The molecule has 2 N–H and O–H groups in total. The first-order valence-corrected chi connectivity index (χ1v) is 5.12. The van der Waals surface area contributed by atoms with Crippen molar-refractivity contribution in [1.82, 2.24) is 9.78 Å². The zero-order chi connectivity index (χ0) is 11.7. The lowest BCUT2D eigenvalue weighted by atomic mass is 10.0. The summed E-state index contributed by atoms with van der Waals surface area (Å²) >= 11 is 0. The highest BCUT2D eigenvalue weighted by Gasteiger charge is 2.13. The Kier molecular flexibility index (Phi) is 2.75. The van der Waals surface area contributed by atoms with Crippen LogP contribution in [0.3, 0.4) is 0 Å². The predicted molar refractivity (Wildman–Crippen MR) is 61.2 cm³/mol. The van der Waals surface area contributed by atoms with Gasteiger partial charge in [0.1, 0.15) is 5.82 Å². The second-order valence-electron chi connectivity index (χ2n) is 3.74. The van der Waals surface area contributed by atoms with E-state index in [9.17, 15) is 4.39 Å². The maximum absolute atomic E-state index is 12.8. The van der Waals surface area contributed by atoms with Crippen molar-refractivity contribution in [3.63, 3.8) is 0 Å². The second kappa shape index (κ2) is 4.06. The lowest BCUT2D eigenvalue weighted by Gasteiger charge is -2.02. The van der Waals surface area contributed by atoms with E-state index in [1.54, 1.807) is 16.8 Å². The van der Waals surface area contributed by atoms with Crippen molar-refractivity contribution in [1.29, 1.82) is 0 Å². The normalized spacial score (nSPS) is 10.8. The Hall–Kier alpha value is -1.68. The molecule has 84 valence electrons. The molecule has 0 bridgehead atoms. The van der Waals surface area contributed by atoms with Crippen molar-refractivity contribution in [2.75, 3.05) is 0 Å². The van der Waals surface area contributed by atoms with E-state index >= 15 is 0 Å².